The van der Waals surface area contributed by atoms with Crippen LogP contribution in [0.5, 0.6) is 0 Å². The normalized spacial score (nSPS) is 0. The van der Waals surface area contributed by atoms with Gasteiger partial charge in [-0.15, -0.1) is 0 Å². The molecule has 0 aromatic rings. The van der Waals surface area contributed by atoms with Gasteiger partial charge >= 0.3 is 0 Å². The molecule has 0 rings (SSSR count). The van der Waals surface area contributed by atoms with Crippen molar-refractivity contribution < 1.29 is 46.0 Å². The van der Waals surface area contributed by atoms with Crippen LogP contribution in [-0.2, 0) is 40.5 Å². The van der Waals surface area contributed by atoms with E-state index in [1.165, 1.54) is 0 Å². The van der Waals surface area contributed by atoms with Crippen molar-refractivity contribution in [3.8, 4) is 0 Å². The molecule has 0 heterocycles. The van der Waals surface area contributed by atoms with Crippen LogP contribution in [0.25, 0.3) is 0 Å². The van der Waals surface area contributed by atoms with Gasteiger partial charge in [-0.25, -0.2) is 0 Å². The average molecular weight is 290 g/mol. The van der Waals surface area contributed by atoms with Gasteiger partial charge in [0.1, 0.15) is 0 Å². The first-order chi connectivity index (χ1) is 0. The van der Waals surface area contributed by atoms with Gasteiger partial charge in [-0.3, -0.25) is 0 Å². The van der Waals surface area contributed by atoms with Crippen molar-refractivity contribution in [3.05, 3.63) is 0 Å². The Balaban J connectivity index is 0. The summed E-state index contributed by atoms with van der Waals surface area (Å²) < 4.78 is 0. The Morgan fingerprint density at radius 2 is 1.00 bits per heavy atom. The van der Waals surface area contributed by atoms with Crippen molar-refractivity contribution in [1.29, 1.82) is 0 Å². The molecule has 17 valence electrons. The van der Waals surface area contributed by atoms with Gasteiger partial charge in [-0.2, -0.15) is 0 Å². The predicted molar refractivity (Wildman–Crippen MR) is 9.37 cm³/mol. The summed E-state index contributed by atoms with van der Waals surface area (Å²) in [5.74, 6) is 0. The van der Waals surface area contributed by atoms with Crippen molar-refractivity contribution in [2.45, 2.75) is 0 Å². The zero-order chi connectivity index (χ0) is 0. The third-order valence-corrected chi connectivity index (χ3v) is 0. The van der Waals surface area contributed by atoms with Gasteiger partial charge < -0.3 is 5.48 Å². The third kappa shape index (κ3) is 8.86. The second-order valence-corrected chi connectivity index (χ2v) is 0. The zero-order valence-corrected chi connectivity index (χ0v) is 10.5. The Kier molecular flexibility index (Phi) is 157. The molecule has 0 aliphatic carbocycles. The molecule has 0 fully saturated rings. The van der Waals surface area contributed by atoms with Gasteiger partial charge in [0.25, 0.3) is 0 Å². The van der Waals surface area contributed by atoms with Crippen LogP contribution in [0.1, 0.15) is 0 Å². The van der Waals surface area contributed by atoms with Crippen LogP contribution in [0.15, 0.2) is 0 Å². The zero-order valence-electron chi connectivity index (χ0n) is 2.62. The second kappa shape index (κ2) is 18.6. The van der Waals surface area contributed by atoms with E-state index in [9.17, 15) is 0 Å². The van der Waals surface area contributed by atoms with Crippen molar-refractivity contribution in [2.75, 3.05) is 0 Å². The molecule has 4 heavy (non-hydrogen) atoms. The Morgan fingerprint density at radius 1 is 1.00 bits per heavy atom. The molecule has 0 unspecified atom stereocenters. The summed E-state index contributed by atoms with van der Waals surface area (Å²) in [5, 5.41) is 0. The molecule has 0 saturated heterocycles. The standard InChI is InChI=1S/Na.H2O.W.Zn/h;1H2;;. The van der Waals surface area contributed by atoms with Crippen molar-refractivity contribution in [2.24, 2.45) is 0 Å². The van der Waals surface area contributed by atoms with E-state index in [1.54, 1.807) is 0 Å². The molecule has 0 aromatic heterocycles. The monoisotopic (exact) mass is 289 g/mol. The smallest absolute Gasteiger partial charge is 0 e. The van der Waals surface area contributed by atoms with E-state index in [1.807, 2.05) is 0 Å². The van der Waals surface area contributed by atoms with Gasteiger partial charge in [0.15, 0.2) is 0 Å². The molecule has 4 heteroatoms. The number of hydrogen-bond donors (Lipinski definition) is 0. The van der Waals surface area contributed by atoms with E-state index < -0.39 is 0 Å². The third-order valence-electron chi connectivity index (χ3n) is 0. The first-order valence-corrected chi connectivity index (χ1v) is 0. The fourth-order valence-corrected chi connectivity index (χ4v) is 0. The number of rotatable bonds is 0. The summed E-state index contributed by atoms with van der Waals surface area (Å²) in [6.07, 6.45) is 0. The molecule has 2 N–H and O–H groups in total. The molecule has 0 spiro atoms. The topological polar surface area (TPSA) is 31.5 Å². The summed E-state index contributed by atoms with van der Waals surface area (Å²) in [6, 6.07) is 0. The van der Waals surface area contributed by atoms with Crippen molar-refractivity contribution >= 4 is 29.6 Å². The molecule has 0 aliphatic heterocycles. The first-order valence-electron chi connectivity index (χ1n) is 0. The molecular formula is H2NaOWZn. The quantitative estimate of drug-likeness (QED) is 0.502. The van der Waals surface area contributed by atoms with Crippen LogP contribution >= 0.6 is 0 Å². The Morgan fingerprint density at radius 3 is 1.00 bits per heavy atom. The minimum absolute atomic E-state index is 0. The molecule has 0 amide bonds. The molecule has 0 aromatic carbocycles. The first kappa shape index (κ1) is 33.8. The van der Waals surface area contributed by atoms with E-state index in [0.717, 1.165) is 0 Å². The van der Waals surface area contributed by atoms with Gasteiger partial charge in [0, 0.05) is 70.1 Å². The summed E-state index contributed by atoms with van der Waals surface area (Å²) in [4.78, 5) is 0. The van der Waals surface area contributed by atoms with Crippen molar-refractivity contribution in [3.63, 3.8) is 0 Å². The van der Waals surface area contributed by atoms with Crippen LogP contribution in [0, 0.1) is 0 Å². The maximum atomic E-state index is 0. The van der Waals surface area contributed by atoms with Crippen molar-refractivity contribution in [1.82, 2.24) is 0 Å². The minimum Gasteiger partial charge on any atom is -0.412 e. The maximum Gasteiger partial charge on any atom is 0 e. The van der Waals surface area contributed by atoms with Gasteiger partial charge in [-0.1, -0.05) is 0 Å². The van der Waals surface area contributed by atoms with Gasteiger partial charge in [0.2, 0.25) is 0 Å². The summed E-state index contributed by atoms with van der Waals surface area (Å²) in [6.45, 7) is 0. The number of hydrogen-bond acceptors (Lipinski definition) is 0. The summed E-state index contributed by atoms with van der Waals surface area (Å²) in [7, 11) is 0. The van der Waals surface area contributed by atoms with Crippen LogP contribution in [0.2, 0.25) is 0 Å². The maximum absolute atomic E-state index is 0. The van der Waals surface area contributed by atoms with E-state index >= 15 is 0 Å². The fraction of sp³-hybridized carbons (Fsp3) is 0. The van der Waals surface area contributed by atoms with E-state index in [4.69, 9.17) is 0 Å². The van der Waals surface area contributed by atoms with E-state index in [0.29, 0.717) is 0 Å². The molecule has 0 saturated carbocycles. The molecule has 0 aliphatic rings. The van der Waals surface area contributed by atoms with E-state index in [2.05, 4.69) is 0 Å². The minimum atomic E-state index is 0. The molecule has 1 radical (unpaired) electrons. The van der Waals surface area contributed by atoms with Crippen LogP contribution in [0.4, 0.5) is 0 Å². The molecule has 0 bridgehead atoms. The average Bonchev–Trinajstić information content (AvgIpc) is 0. The molecule has 0 atom stereocenters. The summed E-state index contributed by atoms with van der Waals surface area (Å²) in [5.41, 5.74) is 0. The molecule has 1 nitrogen and oxygen atoms in total. The SMILES string of the molecule is O.[Na].[W].[Zn]. The van der Waals surface area contributed by atoms with Crippen LogP contribution in [0.3, 0.4) is 0 Å². The van der Waals surface area contributed by atoms with E-state index in [-0.39, 0.29) is 75.6 Å². The van der Waals surface area contributed by atoms with Gasteiger partial charge in [0.05, 0.1) is 0 Å². The second-order valence-electron chi connectivity index (χ2n) is 0. The Hall–Kier alpha value is 2.27. The molecular weight excluding hydrogens is 288 g/mol. The Labute approximate surface area is 74.5 Å². The largest absolute Gasteiger partial charge is 0.412 e. The summed E-state index contributed by atoms with van der Waals surface area (Å²) >= 11 is 0. The fourth-order valence-electron chi connectivity index (χ4n) is 0. The van der Waals surface area contributed by atoms with Crippen LogP contribution < -0.4 is 0 Å². The Bertz CT molecular complexity index is 8.00. The van der Waals surface area contributed by atoms with Gasteiger partial charge in [-0.05, 0) is 0 Å². The predicted octanol–water partition coefficient (Wildman–Crippen LogP) is -1.21. The van der Waals surface area contributed by atoms with Crippen LogP contribution in [-0.4, -0.2) is 35.0 Å².